The van der Waals surface area contributed by atoms with E-state index in [1.54, 1.807) is 12.3 Å². The van der Waals surface area contributed by atoms with Gasteiger partial charge >= 0.3 is 5.69 Å². The van der Waals surface area contributed by atoms with Crippen molar-refractivity contribution < 1.29 is 9.84 Å². The lowest BCUT2D eigenvalue weighted by Crippen LogP contribution is -2.34. The third kappa shape index (κ3) is 2.83. The van der Waals surface area contributed by atoms with E-state index in [0.29, 0.717) is 12.2 Å². The lowest BCUT2D eigenvalue weighted by molar-refractivity contribution is 0.0934. The monoisotopic (exact) mass is 339 g/mol. The molecule has 1 aromatic carbocycles. The van der Waals surface area contributed by atoms with E-state index in [0.717, 1.165) is 28.7 Å². The number of aromatic hydroxyl groups is 1. The summed E-state index contributed by atoms with van der Waals surface area (Å²) >= 11 is 0. The first kappa shape index (κ1) is 15.6. The zero-order chi connectivity index (χ0) is 17.4. The normalized spacial score (nSPS) is 20.3. The summed E-state index contributed by atoms with van der Waals surface area (Å²) in [5, 5.41) is 10.5. The second-order valence-corrected chi connectivity index (χ2v) is 6.12. The SMILES string of the molecule is O=c1[nH]c(=O)n(C[C@@H]2CCCO2)c(O)c1/C=C1\C=Nc2ccccc21. The summed E-state index contributed by atoms with van der Waals surface area (Å²) in [4.78, 5) is 30.8. The summed E-state index contributed by atoms with van der Waals surface area (Å²) in [6, 6.07) is 7.52. The first-order valence-electron chi connectivity index (χ1n) is 8.16. The van der Waals surface area contributed by atoms with Crippen LogP contribution in [0.4, 0.5) is 5.69 Å². The lowest BCUT2D eigenvalue weighted by atomic mass is 10.1. The molecule has 0 unspecified atom stereocenters. The van der Waals surface area contributed by atoms with Crippen molar-refractivity contribution >= 4 is 23.6 Å². The number of nitrogens with one attached hydrogen (secondary N) is 1. The smallest absolute Gasteiger partial charge is 0.331 e. The van der Waals surface area contributed by atoms with Gasteiger partial charge in [-0.05, 0) is 25.0 Å². The van der Waals surface area contributed by atoms with Gasteiger partial charge in [0, 0.05) is 24.0 Å². The van der Waals surface area contributed by atoms with Gasteiger partial charge < -0.3 is 9.84 Å². The fourth-order valence-electron chi connectivity index (χ4n) is 3.18. The van der Waals surface area contributed by atoms with E-state index in [4.69, 9.17) is 4.74 Å². The summed E-state index contributed by atoms with van der Waals surface area (Å²) in [6.45, 7) is 0.857. The van der Waals surface area contributed by atoms with Crippen molar-refractivity contribution in [2.24, 2.45) is 4.99 Å². The Hall–Kier alpha value is -2.93. The van der Waals surface area contributed by atoms with Gasteiger partial charge in [-0.25, -0.2) is 4.79 Å². The van der Waals surface area contributed by atoms with Crippen molar-refractivity contribution in [3.8, 4) is 5.88 Å². The maximum Gasteiger partial charge on any atom is 0.331 e. The molecule has 1 fully saturated rings. The van der Waals surface area contributed by atoms with Crippen LogP contribution < -0.4 is 11.2 Å². The third-order valence-electron chi connectivity index (χ3n) is 4.47. The molecule has 2 aromatic rings. The molecule has 3 heterocycles. The van der Waals surface area contributed by atoms with E-state index in [-0.39, 0.29) is 24.1 Å². The number of para-hydroxylation sites is 1. The molecule has 0 radical (unpaired) electrons. The van der Waals surface area contributed by atoms with Gasteiger partial charge in [-0.3, -0.25) is 19.3 Å². The van der Waals surface area contributed by atoms with Crippen LogP contribution in [0.3, 0.4) is 0 Å². The second kappa shape index (κ2) is 6.18. The number of aromatic amines is 1. The van der Waals surface area contributed by atoms with E-state index in [2.05, 4.69) is 9.98 Å². The van der Waals surface area contributed by atoms with Crippen molar-refractivity contribution in [3.05, 3.63) is 56.2 Å². The number of H-pyrrole nitrogens is 1. The van der Waals surface area contributed by atoms with Crippen LogP contribution in [-0.4, -0.2) is 33.6 Å². The number of benzene rings is 1. The number of nitrogens with zero attached hydrogens (tertiary/aromatic N) is 2. The van der Waals surface area contributed by atoms with Gasteiger partial charge in [0.1, 0.15) is 5.56 Å². The van der Waals surface area contributed by atoms with Crippen LogP contribution in [0.15, 0.2) is 38.8 Å². The van der Waals surface area contributed by atoms with Gasteiger partial charge in [0.15, 0.2) is 0 Å². The van der Waals surface area contributed by atoms with Crippen molar-refractivity contribution in [1.82, 2.24) is 9.55 Å². The summed E-state index contributed by atoms with van der Waals surface area (Å²) in [5.74, 6) is -0.352. The molecule has 0 aliphatic carbocycles. The average Bonchev–Trinajstić information content (AvgIpc) is 3.25. The Morgan fingerprint density at radius 1 is 1.36 bits per heavy atom. The summed E-state index contributed by atoms with van der Waals surface area (Å²) in [5.41, 5.74) is 1.15. The van der Waals surface area contributed by atoms with Crippen LogP contribution in [0, 0.1) is 0 Å². The predicted molar refractivity (Wildman–Crippen MR) is 94.4 cm³/mol. The fourth-order valence-corrected chi connectivity index (χ4v) is 3.18. The minimum atomic E-state index is -0.638. The van der Waals surface area contributed by atoms with E-state index < -0.39 is 11.2 Å². The quantitative estimate of drug-likeness (QED) is 0.889. The van der Waals surface area contributed by atoms with Gasteiger partial charge in [0.05, 0.1) is 18.3 Å². The Bertz CT molecular complexity index is 994. The highest BCUT2D eigenvalue weighted by atomic mass is 16.5. The molecule has 7 heteroatoms. The highest BCUT2D eigenvalue weighted by Crippen LogP contribution is 2.32. The molecule has 4 rings (SSSR count). The zero-order valence-electron chi connectivity index (χ0n) is 13.4. The molecule has 0 bridgehead atoms. The standard InChI is InChI=1S/C18H17N3O4/c22-16-14(8-11-9-19-15-6-2-1-5-13(11)15)17(23)21(18(24)20-16)10-12-4-3-7-25-12/h1-2,5-6,8-9,12,23H,3-4,7,10H2,(H,20,22,24)/b11-8+/t12-/m0/s1. The largest absolute Gasteiger partial charge is 0.494 e. The Balaban J connectivity index is 1.78. The number of aromatic nitrogens is 2. The molecule has 1 aromatic heterocycles. The predicted octanol–water partition coefficient (Wildman–Crippen LogP) is 1.68. The van der Waals surface area contributed by atoms with Crippen molar-refractivity contribution in [2.45, 2.75) is 25.5 Å². The lowest BCUT2D eigenvalue weighted by Gasteiger charge is -2.14. The molecule has 0 amide bonds. The van der Waals surface area contributed by atoms with Gasteiger partial charge in [0.2, 0.25) is 5.88 Å². The van der Waals surface area contributed by atoms with Crippen LogP contribution >= 0.6 is 0 Å². The summed E-state index contributed by atoms with van der Waals surface area (Å²) in [6.07, 6.45) is 4.80. The molecule has 128 valence electrons. The first-order chi connectivity index (χ1) is 12.1. The van der Waals surface area contributed by atoms with Crippen LogP contribution in [0.25, 0.3) is 11.6 Å². The zero-order valence-corrected chi connectivity index (χ0v) is 13.4. The Morgan fingerprint density at radius 3 is 3.00 bits per heavy atom. The molecule has 2 N–H and O–H groups in total. The van der Waals surface area contributed by atoms with Gasteiger partial charge in [0.25, 0.3) is 5.56 Å². The fraction of sp³-hybridized carbons (Fsp3) is 0.278. The molecule has 0 saturated carbocycles. The minimum absolute atomic E-state index is 0.0377. The Labute approximate surface area is 142 Å². The number of allylic oxidation sites excluding steroid dienone is 1. The summed E-state index contributed by atoms with van der Waals surface area (Å²) in [7, 11) is 0. The molecule has 1 atom stereocenters. The molecule has 2 aliphatic rings. The molecule has 2 aliphatic heterocycles. The molecule has 0 spiro atoms. The average molecular weight is 339 g/mol. The highest BCUT2D eigenvalue weighted by molar-refractivity contribution is 6.21. The van der Waals surface area contributed by atoms with E-state index >= 15 is 0 Å². The number of fused-ring (bicyclic) bond motifs is 1. The van der Waals surface area contributed by atoms with Crippen LogP contribution in [0.5, 0.6) is 5.88 Å². The van der Waals surface area contributed by atoms with E-state index in [1.165, 1.54) is 0 Å². The van der Waals surface area contributed by atoms with Gasteiger partial charge in [-0.1, -0.05) is 18.2 Å². The van der Waals surface area contributed by atoms with Crippen molar-refractivity contribution in [2.75, 3.05) is 6.61 Å². The Morgan fingerprint density at radius 2 is 2.20 bits per heavy atom. The van der Waals surface area contributed by atoms with E-state index in [1.807, 2.05) is 24.3 Å². The number of ether oxygens (including phenoxy) is 1. The van der Waals surface area contributed by atoms with Gasteiger partial charge in [-0.15, -0.1) is 0 Å². The molecule has 1 saturated heterocycles. The number of hydrogen-bond donors (Lipinski definition) is 2. The minimum Gasteiger partial charge on any atom is -0.494 e. The van der Waals surface area contributed by atoms with Crippen LogP contribution in [0.1, 0.15) is 24.0 Å². The maximum atomic E-state index is 12.2. The summed E-state index contributed by atoms with van der Waals surface area (Å²) < 4.78 is 6.67. The topological polar surface area (TPSA) is 96.7 Å². The van der Waals surface area contributed by atoms with E-state index in [9.17, 15) is 14.7 Å². The maximum absolute atomic E-state index is 12.2. The van der Waals surface area contributed by atoms with Crippen molar-refractivity contribution in [1.29, 1.82) is 0 Å². The first-order valence-corrected chi connectivity index (χ1v) is 8.16. The molecule has 25 heavy (non-hydrogen) atoms. The molecule has 7 nitrogen and oxygen atoms in total. The molecular formula is C18H17N3O4. The Kier molecular flexibility index (Phi) is 3.85. The second-order valence-electron chi connectivity index (χ2n) is 6.12. The van der Waals surface area contributed by atoms with Crippen LogP contribution in [0.2, 0.25) is 0 Å². The molecular weight excluding hydrogens is 322 g/mol. The van der Waals surface area contributed by atoms with Crippen molar-refractivity contribution in [3.63, 3.8) is 0 Å². The third-order valence-corrected chi connectivity index (χ3v) is 4.47. The number of aliphatic imine (C=N–C) groups is 1. The van der Waals surface area contributed by atoms with Gasteiger partial charge in [-0.2, -0.15) is 0 Å². The number of hydrogen-bond acceptors (Lipinski definition) is 5. The number of rotatable bonds is 3. The highest BCUT2D eigenvalue weighted by Gasteiger charge is 2.21. The van der Waals surface area contributed by atoms with Crippen LogP contribution in [-0.2, 0) is 11.3 Å².